The van der Waals surface area contributed by atoms with Crippen molar-refractivity contribution in [1.29, 1.82) is 0 Å². The van der Waals surface area contributed by atoms with E-state index in [4.69, 9.17) is 9.47 Å². The second-order valence-corrected chi connectivity index (χ2v) is 7.80. The van der Waals surface area contributed by atoms with Gasteiger partial charge < -0.3 is 24.6 Å². The van der Waals surface area contributed by atoms with Gasteiger partial charge in [0.05, 0.1) is 0 Å². The molecule has 1 fully saturated rings. The molecule has 0 saturated carbocycles. The lowest BCUT2D eigenvalue weighted by molar-refractivity contribution is 0.174. The Morgan fingerprint density at radius 1 is 1.03 bits per heavy atom. The van der Waals surface area contributed by atoms with Crippen LogP contribution in [-0.2, 0) is 6.54 Å². The molecule has 1 saturated heterocycles. The number of hydrogen-bond acceptors (Lipinski definition) is 8. The molecule has 8 heteroatoms. The minimum absolute atomic E-state index is 0.322. The van der Waals surface area contributed by atoms with Crippen molar-refractivity contribution >= 4 is 11.6 Å². The number of benzene rings is 1. The fourth-order valence-electron chi connectivity index (χ4n) is 3.66. The Morgan fingerprint density at radius 2 is 1.86 bits per heavy atom. The van der Waals surface area contributed by atoms with Crippen LogP contribution in [0.5, 0.6) is 11.5 Å². The average molecular weight is 399 g/mol. The van der Waals surface area contributed by atoms with Gasteiger partial charge in [-0.3, -0.25) is 4.90 Å². The Kier molecular flexibility index (Phi) is 6.31. The summed E-state index contributed by atoms with van der Waals surface area (Å²) in [6.07, 6.45) is 2.74. The fraction of sp³-hybridized carbons (Fsp3) is 0.524. The number of aromatic nitrogens is 2. The Hall–Kier alpha value is -2.58. The normalized spacial score (nSPS) is 16.4. The van der Waals surface area contributed by atoms with Gasteiger partial charge in [0.2, 0.25) is 6.79 Å². The molecular formula is C21H30N6O2. The minimum atomic E-state index is 0.322. The topological polar surface area (TPSA) is 66.0 Å². The predicted octanol–water partition coefficient (Wildman–Crippen LogP) is 1.89. The van der Waals surface area contributed by atoms with Crippen LogP contribution in [0.3, 0.4) is 0 Å². The quantitative estimate of drug-likeness (QED) is 0.677. The van der Waals surface area contributed by atoms with Crippen molar-refractivity contribution in [2.24, 2.45) is 0 Å². The Morgan fingerprint density at radius 3 is 2.69 bits per heavy atom. The Bertz CT molecular complexity index is 808. The summed E-state index contributed by atoms with van der Waals surface area (Å²) in [6, 6.07) is 8.27. The number of ether oxygens (including phenoxy) is 2. The van der Waals surface area contributed by atoms with Gasteiger partial charge in [-0.15, -0.1) is 0 Å². The molecule has 2 aliphatic heterocycles. The number of rotatable bonds is 8. The van der Waals surface area contributed by atoms with Crippen molar-refractivity contribution in [2.45, 2.75) is 13.0 Å². The van der Waals surface area contributed by atoms with Gasteiger partial charge in [0.1, 0.15) is 18.0 Å². The van der Waals surface area contributed by atoms with Crippen LogP contribution in [0.25, 0.3) is 0 Å². The molecule has 1 aromatic heterocycles. The Labute approximate surface area is 172 Å². The van der Waals surface area contributed by atoms with Gasteiger partial charge in [0.25, 0.3) is 0 Å². The summed E-state index contributed by atoms with van der Waals surface area (Å²) in [4.78, 5) is 15.8. The lowest BCUT2D eigenvalue weighted by Crippen LogP contribution is -2.46. The monoisotopic (exact) mass is 398 g/mol. The number of nitrogens with one attached hydrogen (secondary N) is 1. The van der Waals surface area contributed by atoms with Gasteiger partial charge in [-0.2, -0.15) is 0 Å². The largest absolute Gasteiger partial charge is 0.454 e. The molecule has 0 radical (unpaired) electrons. The van der Waals surface area contributed by atoms with Crippen LogP contribution < -0.4 is 19.7 Å². The SMILES string of the molecule is CN(C)CCCNc1cc(N2CCN(Cc3ccc4c(c3)OCO4)CC2)ncn1. The number of piperazine rings is 1. The van der Waals surface area contributed by atoms with E-state index in [1.165, 1.54) is 5.56 Å². The van der Waals surface area contributed by atoms with E-state index in [0.29, 0.717) is 6.79 Å². The average Bonchev–Trinajstić information content (AvgIpc) is 3.20. The molecule has 0 spiro atoms. The first-order valence-electron chi connectivity index (χ1n) is 10.2. The Balaban J connectivity index is 1.26. The molecular weight excluding hydrogens is 368 g/mol. The molecule has 156 valence electrons. The third kappa shape index (κ3) is 5.27. The van der Waals surface area contributed by atoms with Crippen molar-refractivity contribution in [3.05, 3.63) is 36.2 Å². The number of anilines is 2. The molecule has 2 aromatic rings. The minimum Gasteiger partial charge on any atom is -0.454 e. The molecule has 0 atom stereocenters. The van der Waals surface area contributed by atoms with Crippen LogP contribution in [0.15, 0.2) is 30.6 Å². The highest BCUT2D eigenvalue weighted by Gasteiger charge is 2.20. The van der Waals surface area contributed by atoms with Crippen molar-refractivity contribution in [1.82, 2.24) is 19.8 Å². The summed E-state index contributed by atoms with van der Waals surface area (Å²) < 4.78 is 10.9. The first-order chi connectivity index (χ1) is 14.2. The highest BCUT2D eigenvalue weighted by Crippen LogP contribution is 2.32. The molecule has 0 unspecified atom stereocenters. The van der Waals surface area contributed by atoms with E-state index in [0.717, 1.165) is 75.4 Å². The number of nitrogens with zero attached hydrogens (tertiary/aromatic N) is 5. The summed E-state index contributed by atoms with van der Waals surface area (Å²) in [7, 11) is 4.18. The van der Waals surface area contributed by atoms with Gasteiger partial charge in [-0.25, -0.2) is 9.97 Å². The van der Waals surface area contributed by atoms with E-state index in [1.807, 2.05) is 6.07 Å². The second-order valence-electron chi connectivity index (χ2n) is 7.80. The third-order valence-electron chi connectivity index (χ3n) is 5.28. The van der Waals surface area contributed by atoms with Crippen LogP contribution in [-0.4, -0.2) is 79.9 Å². The van der Waals surface area contributed by atoms with Crippen molar-refractivity contribution in [3.63, 3.8) is 0 Å². The third-order valence-corrected chi connectivity index (χ3v) is 5.28. The zero-order chi connectivity index (χ0) is 20.1. The predicted molar refractivity (Wildman–Crippen MR) is 114 cm³/mol. The van der Waals surface area contributed by atoms with E-state index < -0.39 is 0 Å². The molecule has 0 amide bonds. The standard InChI is InChI=1S/C21H30N6O2/c1-25(2)7-3-6-22-20-13-21(24-15-23-20)27-10-8-26(9-11-27)14-17-4-5-18-19(12-17)29-16-28-18/h4-5,12-13,15H,3,6-11,14,16H2,1-2H3,(H,22,23,24). The summed E-state index contributed by atoms with van der Waals surface area (Å²) in [5, 5.41) is 3.40. The van der Waals surface area contributed by atoms with E-state index in [-0.39, 0.29) is 0 Å². The smallest absolute Gasteiger partial charge is 0.231 e. The van der Waals surface area contributed by atoms with Gasteiger partial charge >= 0.3 is 0 Å². The summed E-state index contributed by atoms with van der Waals surface area (Å²) >= 11 is 0. The van der Waals surface area contributed by atoms with E-state index in [1.54, 1.807) is 6.33 Å². The van der Waals surface area contributed by atoms with Crippen molar-refractivity contribution in [2.75, 3.05) is 70.4 Å². The molecule has 3 heterocycles. The van der Waals surface area contributed by atoms with Gasteiger partial charge in [-0.05, 0) is 44.8 Å². The van der Waals surface area contributed by atoms with Gasteiger partial charge in [-0.1, -0.05) is 6.07 Å². The second kappa shape index (κ2) is 9.28. The highest BCUT2D eigenvalue weighted by molar-refractivity contribution is 5.49. The van der Waals surface area contributed by atoms with Gasteiger partial charge in [0.15, 0.2) is 11.5 Å². The number of hydrogen-bond donors (Lipinski definition) is 1. The maximum absolute atomic E-state index is 5.49. The maximum atomic E-state index is 5.49. The molecule has 1 N–H and O–H groups in total. The lowest BCUT2D eigenvalue weighted by atomic mass is 10.1. The van der Waals surface area contributed by atoms with Crippen molar-refractivity contribution < 1.29 is 9.47 Å². The fourth-order valence-corrected chi connectivity index (χ4v) is 3.66. The summed E-state index contributed by atoms with van der Waals surface area (Å²) in [6.45, 7) is 7.15. The molecule has 8 nitrogen and oxygen atoms in total. The molecule has 29 heavy (non-hydrogen) atoms. The molecule has 0 aliphatic carbocycles. The van der Waals surface area contributed by atoms with E-state index in [9.17, 15) is 0 Å². The molecule has 0 bridgehead atoms. The summed E-state index contributed by atoms with van der Waals surface area (Å²) in [5.41, 5.74) is 1.26. The summed E-state index contributed by atoms with van der Waals surface area (Å²) in [5.74, 6) is 3.59. The first kappa shape index (κ1) is 19.7. The zero-order valence-corrected chi connectivity index (χ0v) is 17.3. The zero-order valence-electron chi connectivity index (χ0n) is 17.3. The van der Waals surface area contributed by atoms with Crippen LogP contribution in [0, 0.1) is 0 Å². The van der Waals surface area contributed by atoms with Crippen LogP contribution in [0.1, 0.15) is 12.0 Å². The molecule has 4 rings (SSSR count). The first-order valence-corrected chi connectivity index (χ1v) is 10.2. The molecule has 1 aromatic carbocycles. The van der Waals surface area contributed by atoms with Crippen molar-refractivity contribution in [3.8, 4) is 11.5 Å². The van der Waals surface area contributed by atoms with Crippen LogP contribution >= 0.6 is 0 Å². The maximum Gasteiger partial charge on any atom is 0.231 e. The van der Waals surface area contributed by atoms with E-state index >= 15 is 0 Å². The lowest BCUT2D eigenvalue weighted by Gasteiger charge is -2.35. The number of fused-ring (bicyclic) bond motifs is 1. The van der Waals surface area contributed by atoms with E-state index in [2.05, 4.69) is 62.3 Å². The highest BCUT2D eigenvalue weighted by atomic mass is 16.7. The van der Waals surface area contributed by atoms with Crippen LogP contribution in [0.2, 0.25) is 0 Å². The van der Waals surface area contributed by atoms with Crippen LogP contribution in [0.4, 0.5) is 11.6 Å². The van der Waals surface area contributed by atoms with Gasteiger partial charge in [0, 0.05) is 45.3 Å². The molecule has 2 aliphatic rings.